The largest absolute Gasteiger partial charge is 0.370 e. The maximum absolute atomic E-state index is 4.25. The summed E-state index contributed by atoms with van der Waals surface area (Å²) in [6, 6.07) is 1.91. The molecule has 5 heteroatoms. The van der Waals surface area contributed by atoms with Crippen molar-refractivity contribution in [1.82, 2.24) is 19.5 Å². The lowest BCUT2D eigenvalue weighted by atomic mass is 10.3. The predicted molar refractivity (Wildman–Crippen MR) is 63.0 cm³/mol. The van der Waals surface area contributed by atoms with Crippen LogP contribution in [0.4, 0.5) is 5.82 Å². The van der Waals surface area contributed by atoms with Gasteiger partial charge in [0, 0.05) is 32.1 Å². The molecule has 2 aromatic rings. The third-order valence-corrected chi connectivity index (χ3v) is 2.27. The van der Waals surface area contributed by atoms with Gasteiger partial charge in [-0.25, -0.2) is 15.0 Å². The Balaban J connectivity index is 2.26. The first kappa shape index (κ1) is 10.6. The fourth-order valence-electron chi connectivity index (χ4n) is 1.44. The van der Waals surface area contributed by atoms with Crippen LogP contribution in [0.3, 0.4) is 0 Å². The topological polar surface area (TPSA) is 55.6 Å². The average molecular weight is 217 g/mol. The van der Waals surface area contributed by atoms with E-state index in [4.69, 9.17) is 0 Å². The van der Waals surface area contributed by atoms with Crippen LogP contribution in [-0.4, -0.2) is 26.1 Å². The van der Waals surface area contributed by atoms with Crippen LogP contribution in [-0.2, 0) is 7.05 Å². The molecule has 2 rings (SSSR count). The Morgan fingerprint density at radius 3 is 2.88 bits per heavy atom. The molecule has 1 N–H and O–H groups in total. The predicted octanol–water partition coefficient (Wildman–Crippen LogP) is 1.70. The maximum Gasteiger partial charge on any atom is 0.158 e. The fraction of sp³-hybridized carbons (Fsp3) is 0.364. The average Bonchev–Trinajstić information content (AvgIpc) is 2.73. The van der Waals surface area contributed by atoms with E-state index in [-0.39, 0.29) is 0 Å². The molecule has 0 radical (unpaired) electrons. The number of aryl methyl sites for hydroxylation is 1. The summed E-state index contributed by atoms with van der Waals surface area (Å²) in [5.41, 5.74) is 0.834. The van der Waals surface area contributed by atoms with Crippen molar-refractivity contribution in [3.05, 3.63) is 24.8 Å². The first-order valence-electron chi connectivity index (χ1n) is 5.35. The molecule has 16 heavy (non-hydrogen) atoms. The summed E-state index contributed by atoms with van der Waals surface area (Å²) >= 11 is 0. The van der Waals surface area contributed by atoms with E-state index in [0.717, 1.165) is 30.3 Å². The van der Waals surface area contributed by atoms with Gasteiger partial charge in [-0.3, -0.25) is 0 Å². The third kappa shape index (κ3) is 2.18. The van der Waals surface area contributed by atoms with Crippen molar-refractivity contribution in [1.29, 1.82) is 0 Å². The molecule has 0 aliphatic heterocycles. The summed E-state index contributed by atoms with van der Waals surface area (Å²) in [5.74, 6) is 1.69. The van der Waals surface area contributed by atoms with Crippen molar-refractivity contribution < 1.29 is 0 Å². The molecule has 0 saturated heterocycles. The zero-order valence-electron chi connectivity index (χ0n) is 9.51. The van der Waals surface area contributed by atoms with E-state index in [9.17, 15) is 0 Å². The highest BCUT2D eigenvalue weighted by molar-refractivity contribution is 5.54. The van der Waals surface area contributed by atoms with Crippen LogP contribution in [0.2, 0.25) is 0 Å². The highest BCUT2D eigenvalue weighted by atomic mass is 15.1. The number of nitrogens with one attached hydrogen (secondary N) is 1. The Morgan fingerprint density at radius 2 is 2.19 bits per heavy atom. The van der Waals surface area contributed by atoms with Crippen LogP contribution in [0, 0.1) is 0 Å². The molecule has 0 spiro atoms. The highest BCUT2D eigenvalue weighted by Crippen LogP contribution is 2.15. The molecule has 0 saturated carbocycles. The number of anilines is 1. The van der Waals surface area contributed by atoms with Gasteiger partial charge in [0.05, 0.1) is 0 Å². The normalized spacial score (nSPS) is 10.4. The van der Waals surface area contributed by atoms with Crippen LogP contribution in [0.1, 0.15) is 13.3 Å². The Labute approximate surface area is 94.6 Å². The van der Waals surface area contributed by atoms with E-state index in [2.05, 4.69) is 27.2 Å². The third-order valence-electron chi connectivity index (χ3n) is 2.27. The Hall–Kier alpha value is -1.91. The highest BCUT2D eigenvalue weighted by Gasteiger charge is 2.05. The van der Waals surface area contributed by atoms with E-state index in [0.29, 0.717) is 0 Å². The lowest BCUT2D eigenvalue weighted by molar-refractivity contribution is 0.913. The summed E-state index contributed by atoms with van der Waals surface area (Å²) in [7, 11) is 1.95. The number of hydrogen-bond donors (Lipinski definition) is 1. The Kier molecular flexibility index (Phi) is 3.14. The van der Waals surface area contributed by atoms with Crippen LogP contribution in [0.5, 0.6) is 0 Å². The SMILES string of the molecule is CCCNc1cc(-c2nccn2C)ncn1. The number of nitrogens with zero attached hydrogens (tertiary/aromatic N) is 4. The molecule has 5 nitrogen and oxygen atoms in total. The van der Waals surface area contributed by atoms with Crippen LogP contribution in [0.15, 0.2) is 24.8 Å². The molecular formula is C11H15N5. The molecule has 0 aromatic carbocycles. The minimum absolute atomic E-state index is 0.834. The summed E-state index contributed by atoms with van der Waals surface area (Å²) in [6.07, 6.45) is 6.29. The van der Waals surface area contributed by atoms with Crippen molar-refractivity contribution in [2.45, 2.75) is 13.3 Å². The van der Waals surface area contributed by atoms with E-state index in [1.165, 1.54) is 0 Å². The van der Waals surface area contributed by atoms with E-state index in [1.54, 1.807) is 12.5 Å². The Bertz CT molecular complexity index is 463. The summed E-state index contributed by atoms with van der Waals surface area (Å²) in [4.78, 5) is 12.6. The summed E-state index contributed by atoms with van der Waals surface area (Å²) < 4.78 is 1.94. The molecule has 0 aliphatic carbocycles. The van der Waals surface area contributed by atoms with Crippen LogP contribution >= 0.6 is 0 Å². The molecule has 0 atom stereocenters. The number of rotatable bonds is 4. The van der Waals surface area contributed by atoms with Gasteiger partial charge in [-0.15, -0.1) is 0 Å². The number of aromatic nitrogens is 4. The van der Waals surface area contributed by atoms with Crippen molar-refractivity contribution in [2.75, 3.05) is 11.9 Å². The first-order valence-corrected chi connectivity index (χ1v) is 5.35. The molecule has 0 amide bonds. The number of hydrogen-bond acceptors (Lipinski definition) is 4. The standard InChI is InChI=1S/C11H15N5/c1-3-4-12-10-7-9(14-8-15-10)11-13-5-6-16(11)2/h5-8H,3-4H2,1-2H3,(H,12,14,15). The van der Waals surface area contributed by atoms with Crippen molar-refractivity contribution in [2.24, 2.45) is 7.05 Å². The second kappa shape index (κ2) is 4.74. The van der Waals surface area contributed by atoms with Gasteiger partial charge >= 0.3 is 0 Å². The lowest BCUT2D eigenvalue weighted by Crippen LogP contribution is -2.03. The first-order chi connectivity index (χ1) is 7.81. The van der Waals surface area contributed by atoms with Gasteiger partial charge in [0.25, 0.3) is 0 Å². The molecule has 0 unspecified atom stereocenters. The van der Waals surface area contributed by atoms with Gasteiger partial charge in [0.1, 0.15) is 17.8 Å². The van der Waals surface area contributed by atoms with Gasteiger partial charge in [-0.05, 0) is 6.42 Å². The van der Waals surface area contributed by atoms with E-state index >= 15 is 0 Å². The van der Waals surface area contributed by atoms with Crippen molar-refractivity contribution in [3.63, 3.8) is 0 Å². The van der Waals surface area contributed by atoms with Gasteiger partial charge in [-0.2, -0.15) is 0 Å². The quantitative estimate of drug-likeness (QED) is 0.846. The van der Waals surface area contributed by atoms with Crippen molar-refractivity contribution >= 4 is 5.82 Å². The smallest absolute Gasteiger partial charge is 0.158 e. The van der Waals surface area contributed by atoms with Crippen LogP contribution in [0.25, 0.3) is 11.5 Å². The molecular weight excluding hydrogens is 202 g/mol. The van der Waals surface area contributed by atoms with Gasteiger partial charge < -0.3 is 9.88 Å². The molecule has 2 heterocycles. The number of imidazole rings is 1. The summed E-state index contributed by atoms with van der Waals surface area (Å²) in [5, 5.41) is 3.23. The molecule has 0 aliphatic rings. The van der Waals surface area contributed by atoms with Crippen LogP contribution < -0.4 is 5.32 Å². The minimum atomic E-state index is 0.834. The zero-order chi connectivity index (χ0) is 11.4. The van der Waals surface area contributed by atoms with E-state index < -0.39 is 0 Å². The maximum atomic E-state index is 4.25. The second-order valence-electron chi connectivity index (χ2n) is 3.58. The Morgan fingerprint density at radius 1 is 1.31 bits per heavy atom. The van der Waals surface area contributed by atoms with E-state index in [1.807, 2.05) is 23.9 Å². The summed E-state index contributed by atoms with van der Waals surface area (Å²) in [6.45, 7) is 3.03. The molecule has 0 bridgehead atoms. The lowest BCUT2D eigenvalue weighted by Gasteiger charge is -2.05. The van der Waals surface area contributed by atoms with Gasteiger partial charge in [0.2, 0.25) is 0 Å². The molecule has 2 aromatic heterocycles. The fourth-order valence-corrected chi connectivity index (χ4v) is 1.44. The van der Waals surface area contributed by atoms with Gasteiger partial charge in [0.15, 0.2) is 5.82 Å². The zero-order valence-corrected chi connectivity index (χ0v) is 9.51. The monoisotopic (exact) mass is 217 g/mol. The minimum Gasteiger partial charge on any atom is -0.370 e. The van der Waals surface area contributed by atoms with Gasteiger partial charge in [-0.1, -0.05) is 6.92 Å². The molecule has 0 fully saturated rings. The van der Waals surface area contributed by atoms with Crippen molar-refractivity contribution in [3.8, 4) is 11.5 Å². The second-order valence-corrected chi connectivity index (χ2v) is 3.58. The molecule has 84 valence electrons.